The fourth-order valence-electron chi connectivity index (χ4n) is 6.85. The molecule has 2 bridgehead atoms. The zero-order chi connectivity index (χ0) is 17.0. The molecule has 0 N–H and O–H groups in total. The molecule has 5 atom stereocenters. The molecule has 0 aromatic carbocycles. The van der Waals surface area contributed by atoms with Gasteiger partial charge in [-0.25, -0.2) is 0 Å². The lowest BCUT2D eigenvalue weighted by molar-refractivity contribution is -0.174. The lowest BCUT2D eigenvalue weighted by Crippen LogP contribution is -2.68. The first-order chi connectivity index (χ1) is 10.5. The van der Waals surface area contributed by atoms with E-state index in [0.717, 1.165) is 6.42 Å². The van der Waals surface area contributed by atoms with E-state index in [2.05, 4.69) is 59.8 Å². The molecule has 5 aliphatic rings. The minimum atomic E-state index is -0.421. The fraction of sp³-hybridized carbons (Fsp3) is 0.714. The molecule has 5 aliphatic carbocycles. The summed E-state index contributed by atoms with van der Waals surface area (Å²) >= 11 is 0. The van der Waals surface area contributed by atoms with E-state index in [0.29, 0.717) is 23.9 Å². The van der Waals surface area contributed by atoms with E-state index in [1.54, 1.807) is 0 Å². The molecule has 1 spiro atoms. The highest BCUT2D eigenvalue weighted by Crippen LogP contribution is 2.71. The Kier molecular flexibility index (Phi) is 2.60. The van der Waals surface area contributed by atoms with E-state index in [4.69, 9.17) is 0 Å². The second-order valence-electron chi connectivity index (χ2n) is 9.67. The number of allylic oxidation sites excluding steroid dienone is 4. The largest absolute Gasteiger partial charge is 0.299 e. The van der Waals surface area contributed by atoms with E-state index < -0.39 is 5.41 Å². The molecule has 0 saturated heterocycles. The number of fused-ring (bicyclic) bond motifs is 1. The second kappa shape index (κ2) is 3.90. The summed E-state index contributed by atoms with van der Waals surface area (Å²) in [5.41, 5.74) is 0.0770. The molecule has 0 aromatic rings. The molecule has 124 valence electrons. The average Bonchev–Trinajstić information content (AvgIpc) is 2.43. The molecular formula is C21H28O2. The predicted octanol–water partition coefficient (Wildman–Crippen LogP) is 4.36. The molecule has 2 nitrogen and oxygen atoms in total. The molecule has 0 radical (unpaired) electrons. The van der Waals surface area contributed by atoms with Crippen LogP contribution in [0.25, 0.3) is 0 Å². The summed E-state index contributed by atoms with van der Waals surface area (Å²) in [5.74, 6) is 1.60. The molecule has 2 saturated carbocycles. The van der Waals surface area contributed by atoms with Gasteiger partial charge >= 0.3 is 0 Å². The first-order valence-corrected chi connectivity index (χ1v) is 8.98. The molecule has 5 rings (SSSR count). The SMILES string of the molecule is CC1=CC2C(C3C=CC2(C)C(=O)C3(C)C)C(C)(C)C12CCC2=O. The summed E-state index contributed by atoms with van der Waals surface area (Å²) in [5, 5.41) is 0. The van der Waals surface area contributed by atoms with Crippen LogP contribution in [0.2, 0.25) is 0 Å². The van der Waals surface area contributed by atoms with Crippen molar-refractivity contribution in [2.24, 2.45) is 39.4 Å². The maximum Gasteiger partial charge on any atom is 0.149 e. The fourth-order valence-corrected chi connectivity index (χ4v) is 6.85. The van der Waals surface area contributed by atoms with Crippen LogP contribution in [0.15, 0.2) is 23.8 Å². The molecule has 5 unspecified atom stereocenters. The highest BCUT2D eigenvalue weighted by atomic mass is 16.1. The molecule has 0 aromatic heterocycles. The Labute approximate surface area is 139 Å². The Balaban J connectivity index is 1.98. The van der Waals surface area contributed by atoms with E-state index in [-0.39, 0.29) is 28.1 Å². The van der Waals surface area contributed by atoms with Crippen LogP contribution in [0.4, 0.5) is 0 Å². The van der Waals surface area contributed by atoms with Gasteiger partial charge in [0.05, 0.1) is 10.8 Å². The maximum atomic E-state index is 13.2. The van der Waals surface area contributed by atoms with Crippen LogP contribution in [0.3, 0.4) is 0 Å². The van der Waals surface area contributed by atoms with Crippen molar-refractivity contribution in [3.8, 4) is 0 Å². The van der Waals surface area contributed by atoms with Gasteiger partial charge in [0.2, 0.25) is 0 Å². The molecule has 0 aliphatic heterocycles. The zero-order valence-corrected chi connectivity index (χ0v) is 15.2. The number of ketones is 2. The van der Waals surface area contributed by atoms with Crippen LogP contribution in [-0.4, -0.2) is 11.6 Å². The van der Waals surface area contributed by atoms with Crippen LogP contribution in [0.5, 0.6) is 0 Å². The van der Waals surface area contributed by atoms with Crippen molar-refractivity contribution in [3.05, 3.63) is 23.8 Å². The van der Waals surface area contributed by atoms with Gasteiger partial charge < -0.3 is 0 Å². The molecule has 0 heterocycles. The van der Waals surface area contributed by atoms with Crippen LogP contribution < -0.4 is 0 Å². The Bertz CT molecular complexity index is 693. The van der Waals surface area contributed by atoms with E-state index in [1.165, 1.54) is 5.57 Å². The first-order valence-electron chi connectivity index (χ1n) is 8.98. The lowest BCUT2D eigenvalue weighted by atomic mass is 9.34. The number of hydrogen-bond acceptors (Lipinski definition) is 2. The standard InChI is InChI=1S/C21H28O2/c1-12-11-14-16(19(4,5)21(12)10-8-15(21)22)13-7-9-20(14,6)17(23)18(13,2)3/h7,9,11,13-14,16H,8,10H2,1-6H3. The molecule has 2 fully saturated rings. The van der Waals surface area contributed by atoms with Crippen molar-refractivity contribution in [1.82, 2.24) is 0 Å². The molecule has 23 heavy (non-hydrogen) atoms. The van der Waals surface area contributed by atoms with Crippen molar-refractivity contribution in [2.45, 2.75) is 54.4 Å². The van der Waals surface area contributed by atoms with Gasteiger partial charge in [0.25, 0.3) is 0 Å². The first kappa shape index (κ1) is 15.4. The Morgan fingerprint density at radius 3 is 2.22 bits per heavy atom. The van der Waals surface area contributed by atoms with E-state index >= 15 is 0 Å². The van der Waals surface area contributed by atoms with Crippen LogP contribution >= 0.6 is 0 Å². The van der Waals surface area contributed by atoms with Crippen molar-refractivity contribution in [2.75, 3.05) is 0 Å². The van der Waals surface area contributed by atoms with Crippen molar-refractivity contribution < 1.29 is 9.59 Å². The number of rotatable bonds is 0. The maximum absolute atomic E-state index is 13.2. The van der Waals surface area contributed by atoms with Gasteiger partial charge in [0.15, 0.2) is 0 Å². The normalized spacial score (nSPS) is 49.0. The summed E-state index contributed by atoms with van der Waals surface area (Å²) in [6, 6.07) is 0. The Morgan fingerprint density at radius 2 is 1.70 bits per heavy atom. The third-order valence-corrected chi connectivity index (χ3v) is 8.26. The summed E-state index contributed by atoms with van der Waals surface area (Å²) in [6.45, 7) is 13.0. The van der Waals surface area contributed by atoms with Gasteiger partial charge in [-0.1, -0.05) is 51.5 Å². The van der Waals surface area contributed by atoms with Gasteiger partial charge in [-0.15, -0.1) is 0 Å². The highest BCUT2D eigenvalue weighted by Gasteiger charge is 2.71. The Hall–Kier alpha value is -1.18. The smallest absolute Gasteiger partial charge is 0.149 e. The van der Waals surface area contributed by atoms with Crippen LogP contribution in [-0.2, 0) is 9.59 Å². The number of Topliss-reactive ketones (excluding diaryl/α,β-unsaturated/α-hetero) is 2. The van der Waals surface area contributed by atoms with E-state index in [9.17, 15) is 9.59 Å². The average molecular weight is 312 g/mol. The third kappa shape index (κ3) is 1.35. The van der Waals surface area contributed by atoms with Crippen molar-refractivity contribution in [1.29, 1.82) is 0 Å². The Morgan fingerprint density at radius 1 is 1.04 bits per heavy atom. The monoisotopic (exact) mass is 312 g/mol. The van der Waals surface area contributed by atoms with Gasteiger partial charge in [-0.05, 0) is 43.4 Å². The molecule has 2 heteroatoms. The van der Waals surface area contributed by atoms with Gasteiger partial charge in [0.1, 0.15) is 11.6 Å². The summed E-state index contributed by atoms with van der Waals surface area (Å²) in [4.78, 5) is 25.9. The number of carbonyl (C=O) groups excluding carboxylic acids is 2. The third-order valence-electron chi connectivity index (χ3n) is 8.26. The molecule has 0 amide bonds. The zero-order valence-electron chi connectivity index (χ0n) is 15.2. The topological polar surface area (TPSA) is 34.1 Å². The number of hydrogen-bond donors (Lipinski definition) is 0. The summed E-state index contributed by atoms with van der Waals surface area (Å²) in [6.07, 6.45) is 8.44. The van der Waals surface area contributed by atoms with Crippen molar-refractivity contribution in [3.63, 3.8) is 0 Å². The summed E-state index contributed by atoms with van der Waals surface area (Å²) in [7, 11) is 0. The minimum Gasteiger partial charge on any atom is -0.299 e. The van der Waals surface area contributed by atoms with Gasteiger partial charge in [0, 0.05) is 11.8 Å². The number of carbonyl (C=O) groups is 2. The lowest BCUT2D eigenvalue weighted by Gasteiger charge is -2.68. The second-order valence-corrected chi connectivity index (χ2v) is 9.67. The van der Waals surface area contributed by atoms with E-state index in [1.807, 2.05) is 0 Å². The summed E-state index contributed by atoms with van der Waals surface area (Å²) < 4.78 is 0. The van der Waals surface area contributed by atoms with Crippen molar-refractivity contribution >= 4 is 11.6 Å². The van der Waals surface area contributed by atoms with Gasteiger partial charge in [-0.3, -0.25) is 9.59 Å². The molecular weight excluding hydrogens is 284 g/mol. The highest BCUT2D eigenvalue weighted by molar-refractivity contribution is 5.97. The predicted molar refractivity (Wildman–Crippen MR) is 90.7 cm³/mol. The van der Waals surface area contributed by atoms with Crippen LogP contribution in [0.1, 0.15) is 54.4 Å². The minimum absolute atomic E-state index is 0.0967. The van der Waals surface area contributed by atoms with Gasteiger partial charge in [-0.2, -0.15) is 0 Å². The van der Waals surface area contributed by atoms with Crippen LogP contribution in [0, 0.1) is 39.4 Å². The quantitative estimate of drug-likeness (QED) is 0.623.